The zero-order chi connectivity index (χ0) is 12.3. The molecular weight excluding hydrogens is 212 g/mol. The summed E-state index contributed by atoms with van der Waals surface area (Å²) in [5.74, 6) is 0.248. The van der Waals surface area contributed by atoms with Crippen molar-refractivity contribution in [2.45, 2.75) is 25.8 Å². The highest BCUT2D eigenvalue weighted by molar-refractivity contribution is 5.76. The van der Waals surface area contributed by atoms with E-state index in [2.05, 4.69) is 36.5 Å². The van der Waals surface area contributed by atoms with Gasteiger partial charge in [-0.05, 0) is 18.9 Å². The smallest absolute Gasteiger partial charge is 0.222 e. The van der Waals surface area contributed by atoms with Gasteiger partial charge in [-0.3, -0.25) is 4.79 Å². The summed E-state index contributed by atoms with van der Waals surface area (Å²) < 4.78 is 0. The number of likely N-dealkylation sites (N-methyl/N-ethyl adjacent to an activating group) is 1. The zero-order valence-corrected chi connectivity index (χ0v) is 10.6. The van der Waals surface area contributed by atoms with Crippen LogP contribution >= 0.6 is 0 Å². The molecule has 0 radical (unpaired) electrons. The number of hydrogen-bond donors (Lipinski definition) is 1. The quantitative estimate of drug-likeness (QED) is 0.850. The summed E-state index contributed by atoms with van der Waals surface area (Å²) in [6, 6.07) is 8.77. The number of nitrogens with one attached hydrogen (secondary N) is 1. The molecule has 2 rings (SSSR count). The van der Waals surface area contributed by atoms with Gasteiger partial charge in [0.15, 0.2) is 0 Å². The van der Waals surface area contributed by atoms with Crippen molar-refractivity contribution in [3.63, 3.8) is 0 Å². The highest BCUT2D eigenvalue weighted by Crippen LogP contribution is 2.09. The normalized spacial score (nSPS) is 15.4. The Morgan fingerprint density at radius 2 is 2.24 bits per heavy atom. The first-order valence-corrected chi connectivity index (χ1v) is 6.19. The highest BCUT2D eigenvalue weighted by atomic mass is 16.2. The van der Waals surface area contributed by atoms with Crippen LogP contribution < -0.4 is 5.32 Å². The van der Waals surface area contributed by atoms with E-state index in [0.29, 0.717) is 12.5 Å². The number of carbonyl (C=O) groups is 1. The summed E-state index contributed by atoms with van der Waals surface area (Å²) in [7, 11) is 1.91. The molecule has 1 aliphatic heterocycles. The average molecular weight is 232 g/mol. The molecule has 3 nitrogen and oxygen atoms in total. The third kappa shape index (κ3) is 3.07. The van der Waals surface area contributed by atoms with E-state index in [9.17, 15) is 4.79 Å². The van der Waals surface area contributed by atoms with E-state index < -0.39 is 0 Å². The van der Waals surface area contributed by atoms with Crippen LogP contribution in [0.15, 0.2) is 24.3 Å². The molecule has 92 valence electrons. The molecule has 1 aromatic rings. The van der Waals surface area contributed by atoms with E-state index in [4.69, 9.17) is 0 Å². The van der Waals surface area contributed by atoms with Crippen LogP contribution in [0.1, 0.15) is 17.5 Å². The van der Waals surface area contributed by atoms with Gasteiger partial charge in [-0.2, -0.15) is 0 Å². The zero-order valence-electron chi connectivity index (χ0n) is 10.6. The summed E-state index contributed by atoms with van der Waals surface area (Å²) in [6.45, 7) is 3.96. The van der Waals surface area contributed by atoms with Gasteiger partial charge < -0.3 is 10.2 Å². The van der Waals surface area contributed by atoms with Crippen LogP contribution in [-0.4, -0.2) is 37.0 Å². The molecule has 0 atom stereocenters. The minimum atomic E-state index is 0.248. The van der Waals surface area contributed by atoms with E-state index in [1.54, 1.807) is 0 Å². The third-order valence-electron chi connectivity index (χ3n) is 3.41. The lowest BCUT2D eigenvalue weighted by Crippen LogP contribution is -2.57. The van der Waals surface area contributed by atoms with Crippen LogP contribution in [0.2, 0.25) is 0 Å². The minimum absolute atomic E-state index is 0.248. The van der Waals surface area contributed by atoms with Crippen LogP contribution in [-0.2, 0) is 11.2 Å². The highest BCUT2D eigenvalue weighted by Gasteiger charge is 2.24. The van der Waals surface area contributed by atoms with Crippen molar-refractivity contribution in [2.75, 3.05) is 20.1 Å². The Balaban J connectivity index is 1.83. The maximum atomic E-state index is 11.9. The lowest BCUT2D eigenvalue weighted by atomic mass is 10.1. The van der Waals surface area contributed by atoms with Gasteiger partial charge in [0.25, 0.3) is 0 Å². The molecule has 1 aliphatic rings. The Kier molecular flexibility index (Phi) is 3.79. The van der Waals surface area contributed by atoms with E-state index >= 15 is 0 Å². The van der Waals surface area contributed by atoms with E-state index in [1.165, 1.54) is 11.1 Å². The first-order chi connectivity index (χ1) is 8.16. The number of carbonyl (C=O) groups excluding carboxylic acids is 1. The second-order valence-corrected chi connectivity index (χ2v) is 4.81. The predicted octanol–water partition coefficient (Wildman–Crippen LogP) is 1.36. The molecule has 1 amide bonds. The van der Waals surface area contributed by atoms with Crippen LogP contribution in [0, 0.1) is 6.92 Å². The lowest BCUT2D eigenvalue weighted by Gasteiger charge is -2.35. The maximum absolute atomic E-state index is 11.9. The van der Waals surface area contributed by atoms with E-state index in [1.807, 2.05) is 11.9 Å². The van der Waals surface area contributed by atoms with Crippen LogP contribution in [0.5, 0.6) is 0 Å². The molecule has 0 spiro atoms. The van der Waals surface area contributed by atoms with Crippen molar-refractivity contribution in [2.24, 2.45) is 0 Å². The van der Waals surface area contributed by atoms with Crippen LogP contribution in [0.3, 0.4) is 0 Å². The molecule has 0 bridgehead atoms. The number of benzene rings is 1. The molecule has 0 unspecified atom stereocenters. The molecule has 1 fully saturated rings. The Morgan fingerprint density at radius 1 is 1.47 bits per heavy atom. The summed E-state index contributed by atoms with van der Waals surface area (Å²) in [6.07, 6.45) is 1.45. The fraction of sp³-hybridized carbons (Fsp3) is 0.500. The van der Waals surface area contributed by atoms with Crippen molar-refractivity contribution < 1.29 is 4.79 Å². The summed E-state index contributed by atoms with van der Waals surface area (Å²) >= 11 is 0. The molecule has 3 heteroatoms. The fourth-order valence-corrected chi connectivity index (χ4v) is 2.05. The second kappa shape index (κ2) is 5.32. The number of aryl methyl sites for hydroxylation is 2. The predicted molar refractivity (Wildman–Crippen MR) is 68.9 cm³/mol. The Hall–Kier alpha value is -1.35. The average Bonchev–Trinajstić information content (AvgIpc) is 2.23. The Bertz CT molecular complexity index is 399. The van der Waals surface area contributed by atoms with Crippen molar-refractivity contribution in [1.29, 1.82) is 0 Å². The van der Waals surface area contributed by atoms with Gasteiger partial charge in [0, 0.05) is 26.6 Å². The van der Waals surface area contributed by atoms with Crippen molar-refractivity contribution in [3.8, 4) is 0 Å². The molecular formula is C14H20N2O. The van der Waals surface area contributed by atoms with Crippen LogP contribution in [0.25, 0.3) is 0 Å². The molecule has 0 saturated carbocycles. The van der Waals surface area contributed by atoms with Crippen molar-refractivity contribution >= 4 is 5.91 Å². The maximum Gasteiger partial charge on any atom is 0.222 e. The van der Waals surface area contributed by atoms with Gasteiger partial charge in [-0.25, -0.2) is 0 Å². The lowest BCUT2D eigenvalue weighted by molar-refractivity contribution is -0.132. The number of amides is 1. The fourth-order valence-electron chi connectivity index (χ4n) is 2.05. The second-order valence-electron chi connectivity index (χ2n) is 4.81. The van der Waals surface area contributed by atoms with E-state index in [-0.39, 0.29) is 5.91 Å². The topological polar surface area (TPSA) is 32.3 Å². The standard InChI is InChI=1S/C14H20N2O/c1-11-4-3-5-12(8-11)6-7-14(17)16(2)13-9-15-10-13/h3-5,8,13,15H,6-7,9-10H2,1-2H3. The van der Waals surface area contributed by atoms with Gasteiger partial charge in [0.2, 0.25) is 5.91 Å². The van der Waals surface area contributed by atoms with Gasteiger partial charge in [-0.1, -0.05) is 29.8 Å². The van der Waals surface area contributed by atoms with Gasteiger partial charge in [-0.15, -0.1) is 0 Å². The Morgan fingerprint density at radius 3 is 2.82 bits per heavy atom. The molecule has 1 saturated heterocycles. The molecule has 1 N–H and O–H groups in total. The van der Waals surface area contributed by atoms with Gasteiger partial charge in [0.05, 0.1) is 6.04 Å². The number of hydrogen-bond acceptors (Lipinski definition) is 2. The Labute approximate surface area is 103 Å². The first-order valence-electron chi connectivity index (χ1n) is 6.19. The van der Waals surface area contributed by atoms with Crippen LogP contribution in [0.4, 0.5) is 0 Å². The van der Waals surface area contributed by atoms with E-state index in [0.717, 1.165) is 19.5 Å². The minimum Gasteiger partial charge on any atom is -0.340 e. The molecule has 17 heavy (non-hydrogen) atoms. The molecule has 0 aromatic heterocycles. The molecule has 0 aliphatic carbocycles. The van der Waals surface area contributed by atoms with Gasteiger partial charge in [0.1, 0.15) is 0 Å². The SMILES string of the molecule is Cc1cccc(CCC(=O)N(C)C2CNC2)c1. The monoisotopic (exact) mass is 232 g/mol. The summed E-state index contributed by atoms with van der Waals surface area (Å²) in [5.41, 5.74) is 2.50. The van der Waals surface area contributed by atoms with Gasteiger partial charge >= 0.3 is 0 Å². The first kappa shape index (κ1) is 12.1. The summed E-state index contributed by atoms with van der Waals surface area (Å²) in [5, 5.41) is 3.18. The van der Waals surface area contributed by atoms with Crippen molar-refractivity contribution in [1.82, 2.24) is 10.2 Å². The molecule has 1 heterocycles. The largest absolute Gasteiger partial charge is 0.340 e. The number of rotatable bonds is 4. The molecule has 1 aromatic carbocycles. The third-order valence-corrected chi connectivity index (χ3v) is 3.41. The summed E-state index contributed by atoms with van der Waals surface area (Å²) in [4.78, 5) is 13.8. The van der Waals surface area contributed by atoms with Crippen molar-refractivity contribution in [3.05, 3.63) is 35.4 Å². The number of nitrogens with zero attached hydrogens (tertiary/aromatic N) is 1.